The van der Waals surface area contributed by atoms with E-state index < -0.39 is 29.4 Å². The zero-order chi connectivity index (χ0) is 16.5. The van der Waals surface area contributed by atoms with Gasteiger partial charge in [0.2, 0.25) is 0 Å². The van der Waals surface area contributed by atoms with E-state index in [9.17, 15) is 22.8 Å². The Labute approximate surface area is 124 Å². The van der Waals surface area contributed by atoms with Gasteiger partial charge in [0, 0.05) is 12.1 Å². The van der Waals surface area contributed by atoms with Gasteiger partial charge in [-0.2, -0.15) is 13.2 Å². The third-order valence-electron chi connectivity index (χ3n) is 3.42. The number of hydrogen-bond acceptors (Lipinski definition) is 3. The van der Waals surface area contributed by atoms with Crippen LogP contribution in [-0.4, -0.2) is 29.3 Å². The number of anilines is 1. The topological polar surface area (TPSA) is 66.8 Å². The summed E-state index contributed by atoms with van der Waals surface area (Å²) in [4.78, 5) is 23.6. The number of carbonyl (C=O) groups excluding carboxylic acids is 1. The SMILES string of the molecule is CC1(CCC(=O)O)CN(c2ccc(C(F)(F)F)cc2)C(=O)O1. The van der Waals surface area contributed by atoms with E-state index in [1.165, 1.54) is 17.0 Å². The summed E-state index contributed by atoms with van der Waals surface area (Å²) in [7, 11) is 0. The third-order valence-corrected chi connectivity index (χ3v) is 3.42. The van der Waals surface area contributed by atoms with Crippen molar-refractivity contribution in [3.05, 3.63) is 29.8 Å². The van der Waals surface area contributed by atoms with Crippen LogP contribution in [0.5, 0.6) is 0 Å². The van der Waals surface area contributed by atoms with Crippen LogP contribution in [-0.2, 0) is 15.7 Å². The zero-order valence-corrected chi connectivity index (χ0v) is 11.7. The summed E-state index contributed by atoms with van der Waals surface area (Å²) in [5, 5.41) is 8.68. The number of aliphatic carboxylic acids is 1. The normalized spacial score (nSPS) is 21.8. The molecule has 1 unspecified atom stereocenters. The predicted molar refractivity (Wildman–Crippen MR) is 70.5 cm³/mol. The number of carboxylic acids is 1. The lowest BCUT2D eigenvalue weighted by atomic mass is 10.00. The third kappa shape index (κ3) is 3.49. The van der Waals surface area contributed by atoms with Crippen molar-refractivity contribution in [2.75, 3.05) is 11.4 Å². The summed E-state index contributed by atoms with van der Waals surface area (Å²) < 4.78 is 42.7. The first-order valence-corrected chi connectivity index (χ1v) is 6.50. The van der Waals surface area contributed by atoms with Gasteiger partial charge in [0.1, 0.15) is 5.60 Å². The Kier molecular flexibility index (Phi) is 4.04. The molecule has 2 rings (SSSR count). The molecule has 8 heteroatoms. The molecule has 1 saturated heterocycles. The van der Waals surface area contributed by atoms with Crippen LogP contribution in [0.4, 0.5) is 23.7 Å². The number of benzene rings is 1. The minimum absolute atomic E-state index is 0.0878. The predicted octanol–water partition coefficient (Wildman–Crippen LogP) is 3.29. The number of carbonyl (C=O) groups is 2. The van der Waals surface area contributed by atoms with Crippen molar-refractivity contribution in [1.29, 1.82) is 0 Å². The highest BCUT2D eigenvalue weighted by Crippen LogP contribution is 2.34. The first-order chi connectivity index (χ1) is 10.1. The fraction of sp³-hybridized carbons (Fsp3) is 0.429. The maximum Gasteiger partial charge on any atom is 0.416 e. The van der Waals surface area contributed by atoms with E-state index in [1.54, 1.807) is 6.92 Å². The summed E-state index contributed by atoms with van der Waals surface area (Å²) >= 11 is 0. The van der Waals surface area contributed by atoms with Crippen molar-refractivity contribution in [2.24, 2.45) is 0 Å². The highest BCUT2D eigenvalue weighted by molar-refractivity contribution is 5.90. The lowest BCUT2D eigenvalue weighted by Gasteiger charge is -2.20. The number of rotatable bonds is 4. The molecule has 0 aromatic heterocycles. The maximum absolute atomic E-state index is 12.5. The Hall–Kier alpha value is -2.25. The number of cyclic esters (lactones) is 1. The van der Waals surface area contributed by atoms with Crippen LogP contribution in [0.15, 0.2) is 24.3 Å². The Bertz CT molecular complexity index is 585. The molecule has 0 spiro atoms. The molecular weight excluding hydrogens is 303 g/mol. The number of amides is 1. The zero-order valence-electron chi connectivity index (χ0n) is 11.7. The second kappa shape index (κ2) is 5.51. The molecule has 5 nitrogen and oxygen atoms in total. The Morgan fingerprint density at radius 3 is 2.45 bits per heavy atom. The molecule has 0 bridgehead atoms. The van der Waals surface area contributed by atoms with E-state index in [-0.39, 0.29) is 25.1 Å². The van der Waals surface area contributed by atoms with Gasteiger partial charge < -0.3 is 9.84 Å². The van der Waals surface area contributed by atoms with Crippen LogP contribution in [0.25, 0.3) is 0 Å². The summed E-state index contributed by atoms with van der Waals surface area (Å²) in [6, 6.07) is 4.14. The molecule has 0 saturated carbocycles. The summed E-state index contributed by atoms with van der Waals surface area (Å²) in [6.07, 6.45) is -5.18. The monoisotopic (exact) mass is 317 g/mol. The summed E-state index contributed by atoms with van der Waals surface area (Å²) in [6.45, 7) is 1.68. The molecule has 1 aromatic carbocycles. The highest BCUT2D eigenvalue weighted by atomic mass is 19.4. The second-order valence-corrected chi connectivity index (χ2v) is 5.34. The van der Waals surface area contributed by atoms with Crippen molar-refractivity contribution >= 4 is 17.7 Å². The van der Waals surface area contributed by atoms with Crippen molar-refractivity contribution in [1.82, 2.24) is 0 Å². The van der Waals surface area contributed by atoms with E-state index >= 15 is 0 Å². The van der Waals surface area contributed by atoms with Crippen molar-refractivity contribution < 1.29 is 32.6 Å². The number of alkyl halides is 3. The van der Waals surface area contributed by atoms with E-state index in [1.807, 2.05) is 0 Å². The van der Waals surface area contributed by atoms with Crippen molar-refractivity contribution in [2.45, 2.75) is 31.5 Å². The van der Waals surface area contributed by atoms with Crippen LogP contribution >= 0.6 is 0 Å². The van der Waals surface area contributed by atoms with Gasteiger partial charge in [0.15, 0.2) is 0 Å². The van der Waals surface area contributed by atoms with Gasteiger partial charge in [-0.15, -0.1) is 0 Å². The van der Waals surface area contributed by atoms with E-state index in [0.29, 0.717) is 0 Å². The second-order valence-electron chi connectivity index (χ2n) is 5.34. The van der Waals surface area contributed by atoms with E-state index in [2.05, 4.69) is 0 Å². The largest absolute Gasteiger partial charge is 0.481 e. The smallest absolute Gasteiger partial charge is 0.416 e. The van der Waals surface area contributed by atoms with E-state index in [0.717, 1.165) is 12.1 Å². The molecule has 120 valence electrons. The molecule has 1 fully saturated rings. The molecule has 1 atom stereocenters. The Morgan fingerprint density at radius 2 is 1.95 bits per heavy atom. The lowest BCUT2D eigenvalue weighted by Crippen LogP contribution is -2.32. The molecule has 0 radical (unpaired) electrons. The van der Waals surface area contributed by atoms with Crippen LogP contribution < -0.4 is 4.90 Å². The number of hydrogen-bond donors (Lipinski definition) is 1. The van der Waals surface area contributed by atoms with Gasteiger partial charge in [0.25, 0.3) is 0 Å². The number of halogens is 3. The molecule has 1 aliphatic heterocycles. The van der Waals surface area contributed by atoms with Gasteiger partial charge in [-0.25, -0.2) is 4.79 Å². The molecule has 1 amide bonds. The van der Waals surface area contributed by atoms with Crippen LogP contribution in [0.1, 0.15) is 25.3 Å². The fourth-order valence-electron chi connectivity index (χ4n) is 2.23. The number of nitrogens with zero attached hydrogens (tertiary/aromatic N) is 1. The average Bonchev–Trinajstić information content (AvgIpc) is 2.72. The van der Waals surface area contributed by atoms with Gasteiger partial charge in [0.05, 0.1) is 12.1 Å². The fourth-order valence-corrected chi connectivity index (χ4v) is 2.23. The van der Waals surface area contributed by atoms with Gasteiger partial charge in [-0.1, -0.05) is 0 Å². The van der Waals surface area contributed by atoms with Gasteiger partial charge in [-0.3, -0.25) is 9.69 Å². The van der Waals surface area contributed by atoms with Crippen LogP contribution in [0.3, 0.4) is 0 Å². The average molecular weight is 317 g/mol. The first-order valence-electron chi connectivity index (χ1n) is 6.50. The quantitative estimate of drug-likeness (QED) is 0.925. The molecule has 1 heterocycles. The molecular formula is C14H14F3NO4. The molecule has 1 aromatic rings. The Balaban J connectivity index is 2.13. The molecule has 0 aliphatic carbocycles. The molecule has 1 aliphatic rings. The Morgan fingerprint density at radius 1 is 1.36 bits per heavy atom. The standard InChI is InChI=1S/C14H14F3NO4/c1-13(7-6-11(19)20)8-18(12(21)22-13)10-4-2-9(3-5-10)14(15,16)17/h2-5H,6-8H2,1H3,(H,19,20). The summed E-state index contributed by atoms with van der Waals surface area (Å²) in [5.74, 6) is -1.01. The van der Waals surface area contributed by atoms with Crippen molar-refractivity contribution in [3.8, 4) is 0 Å². The highest BCUT2D eigenvalue weighted by Gasteiger charge is 2.42. The lowest BCUT2D eigenvalue weighted by molar-refractivity contribution is -0.138. The number of carboxylic acid groups (broad SMARTS) is 1. The van der Waals surface area contributed by atoms with Crippen molar-refractivity contribution in [3.63, 3.8) is 0 Å². The minimum atomic E-state index is -4.44. The maximum atomic E-state index is 12.5. The molecule has 1 N–H and O–H groups in total. The van der Waals surface area contributed by atoms with Crippen LogP contribution in [0.2, 0.25) is 0 Å². The number of ether oxygens (including phenoxy) is 1. The van der Waals surface area contributed by atoms with Gasteiger partial charge >= 0.3 is 18.2 Å². The first kappa shape index (κ1) is 16.1. The summed E-state index contributed by atoms with van der Waals surface area (Å²) in [5.41, 5.74) is -1.51. The molecule has 22 heavy (non-hydrogen) atoms. The minimum Gasteiger partial charge on any atom is -0.481 e. The van der Waals surface area contributed by atoms with Gasteiger partial charge in [-0.05, 0) is 37.6 Å². The van der Waals surface area contributed by atoms with Crippen LogP contribution in [0, 0.1) is 0 Å². The van der Waals surface area contributed by atoms with E-state index in [4.69, 9.17) is 9.84 Å².